The summed E-state index contributed by atoms with van der Waals surface area (Å²) in [5.41, 5.74) is 7.84. The van der Waals surface area contributed by atoms with E-state index in [0.29, 0.717) is 28.5 Å². The number of aryl methyl sites for hydroxylation is 2. The second-order valence-electron chi connectivity index (χ2n) is 3.91. The Morgan fingerprint density at radius 2 is 2.06 bits per heavy atom. The Kier molecular flexibility index (Phi) is 3.18. The summed E-state index contributed by atoms with van der Waals surface area (Å²) in [6.07, 6.45) is 1.50. The third-order valence-corrected chi connectivity index (χ3v) is 2.39. The van der Waals surface area contributed by atoms with Crippen molar-refractivity contribution >= 4 is 17.4 Å². The maximum Gasteiger partial charge on any atom is 0.257 e. The first-order valence-corrected chi connectivity index (χ1v) is 5.40. The summed E-state index contributed by atoms with van der Waals surface area (Å²) in [4.78, 5) is 15.9. The predicted octanol–water partition coefficient (Wildman–Crippen LogP) is 1.32. The molecule has 2 heterocycles. The zero-order valence-electron chi connectivity index (χ0n) is 10.1. The molecule has 0 bridgehead atoms. The van der Waals surface area contributed by atoms with Crippen LogP contribution in [0.15, 0.2) is 24.4 Å². The van der Waals surface area contributed by atoms with Gasteiger partial charge in [-0.1, -0.05) is 0 Å². The highest BCUT2D eigenvalue weighted by molar-refractivity contribution is 6.04. The van der Waals surface area contributed by atoms with E-state index >= 15 is 0 Å². The summed E-state index contributed by atoms with van der Waals surface area (Å²) >= 11 is 0. The van der Waals surface area contributed by atoms with Gasteiger partial charge in [0.15, 0.2) is 0 Å². The van der Waals surface area contributed by atoms with Gasteiger partial charge in [0.05, 0.1) is 28.8 Å². The number of nitrogens with two attached hydrogens (primary N) is 1. The van der Waals surface area contributed by atoms with Gasteiger partial charge in [0.1, 0.15) is 5.82 Å². The SMILES string of the molecule is Cc1cc(C(=O)Nc2ccc(N)nc2)c(C)nn1. The number of hydrogen-bond acceptors (Lipinski definition) is 5. The Hall–Kier alpha value is -2.50. The molecule has 0 aliphatic carbocycles. The Morgan fingerprint density at radius 1 is 1.28 bits per heavy atom. The topological polar surface area (TPSA) is 93.8 Å². The maximum absolute atomic E-state index is 12.0. The highest BCUT2D eigenvalue weighted by Crippen LogP contribution is 2.11. The van der Waals surface area contributed by atoms with Crippen LogP contribution < -0.4 is 11.1 Å². The number of carbonyl (C=O) groups is 1. The summed E-state index contributed by atoms with van der Waals surface area (Å²) < 4.78 is 0. The molecule has 2 aromatic rings. The van der Waals surface area contributed by atoms with Gasteiger partial charge >= 0.3 is 0 Å². The fraction of sp³-hybridized carbons (Fsp3) is 0.167. The summed E-state index contributed by atoms with van der Waals surface area (Å²) in [6.45, 7) is 3.52. The minimum Gasteiger partial charge on any atom is -0.384 e. The quantitative estimate of drug-likeness (QED) is 0.829. The number of amides is 1. The van der Waals surface area contributed by atoms with Crippen molar-refractivity contribution in [2.75, 3.05) is 11.1 Å². The second kappa shape index (κ2) is 4.79. The summed E-state index contributed by atoms with van der Waals surface area (Å²) in [6, 6.07) is 5.01. The largest absolute Gasteiger partial charge is 0.384 e. The molecule has 0 atom stereocenters. The molecular weight excluding hydrogens is 230 g/mol. The molecule has 18 heavy (non-hydrogen) atoms. The lowest BCUT2D eigenvalue weighted by atomic mass is 10.2. The lowest BCUT2D eigenvalue weighted by Crippen LogP contribution is -2.15. The maximum atomic E-state index is 12.0. The molecular formula is C12H13N5O. The van der Waals surface area contributed by atoms with Gasteiger partial charge in [0.25, 0.3) is 5.91 Å². The van der Waals surface area contributed by atoms with E-state index in [1.807, 2.05) is 0 Å². The van der Waals surface area contributed by atoms with Gasteiger partial charge in [-0.15, -0.1) is 0 Å². The van der Waals surface area contributed by atoms with Crippen LogP contribution in [-0.2, 0) is 0 Å². The van der Waals surface area contributed by atoms with Crippen LogP contribution in [0.4, 0.5) is 11.5 Å². The van der Waals surface area contributed by atoms with Gasteiger partial charge < -0.3 is 11.1 Å². The third-order valence-electron chi connectivity index (χ3n) is 2.39. The fourth-order valence-electron chi connectivity index (χ4n) is 1.46. The van der Waals surface area contributed by atoms with Gasteiger partial charge in [0.2, 0.25) is 0 Å². The number of rotatable bonds is 2. The summed E-state index contributed by atoms with van der Waals surface area (Å²) in [5, 5.41) is 10.5. The van der Waals surface area contributed by atoms with Crippen molar-refractivity contribution in [3.63, 3.8) is 0 Å². The molecule has 0 spiro atoms. The first-order valence-electron chi connectivity index (χ1n) is 5.40. The van der Waals surface area contributed by atoms with E-state index in [4.69, 9.17) is 5.73 Å². The van der Waals surface area contributed by atoms with E-state index in [9.17, 15) is 4.79 Å². The second-order valence-corrected chi connectivity index (χ2v) is 3.91. The molecule has 0 fully saturated rings. The van der Waals surface area contributed by atoms with Crippen molar-refractivity contribution in [2.24, 2.45) is 0 Å². The third kappa shape index (κ3) is 2.60. The first kappa shape index (κ1) is 12.0. The number of anilines is 2. The minimum absolute atomic E-state index is 0.239. The van der Waals surface area contributed by atoms with Gasteiger partial charge in [-0.05, 0) is 32.0 Å². The van der Waals surface area contributed by atoms with Crippen LogP contribution in [0.3, 0.4) is 0 Å². The molecule has 6 nitrogen and oxygen atoms in total. The number of carbonyl (C=O) groups excluding carboxylic acids is 1. The van der Waals surface area contributed by atoms with Gasteiger partial charge in [-0.25, -0.2) is 4.98 Å². The smallest absolute Gasteiger partial charge is 0.257 e. The summed E-state index contributed by atoms with van der Waals surface area (Å²) in [7, 11) is 0. The van der Waals surface area contributed by atoms with Crippen LogP contribution in [-0.4, -0.2) is 21.1 Å². The van der Waals surface area contributed by atoms with E-state index < -0.39 is 0 Å². The molecule has 6 heteroatoms. The molecule has 3 N–H and O–H groups in total. The van der Waals surface area contributed by atoms with Crippen molar-refractivity contribution in [3.05, 3.63) is 41.3 Å². The number of pyridine rings is 1. The molecule has 2 aromatic heterocycles. The number of aromatic nitrogens is 3. The zero-order valence-corrected chi connectivity index (χ0v) is 10.1. The van der Waals surface area contributed by atoms with Crippen molar-refractivity contribution in [1.82, 2.24) is 15.2 Å². The van der Waals surface area contributed by atoms with Crippen LogP contribution >= 0.6 is 0 Å². The van der Waals surface area contributed by atoms with Crippen molar-refractivity contribution in [3.8, 4) is 0 Å². The van der Waals surface area contributed by atoms with Crippen molar-refractivity contribution in [2.45, 2.75) is 13.8 Å². The highest BCUT2D eigenvalue weighted by atomic mass is 16.1. The Labute approximate surface area is 104 Å². The lowest BCUT2D eigenvalue weighted by Gasteiger charge is -2.07. The molecule has 0 saturated carbocycles. The van der Waals surface area contributed by atoms with Crippen LogP contribution in [0.25, 0.3) is 0 Å². The summed E-state index contributed by atoms with van der Waals surface area (Å²) in [5.74, 6) is 0.169. The first-order chi connectivity index (χ1) is 8.56. The number of nitrogens with zero attached hydrogens (tertiary/aromatic N) is 3. The number of hydrogen-bond donors (Lipinski definition) is 2. The molecule has 92 valence electrons. The van der Waals surface area contributed by atoms with Crippen molar-refractivity contribution < 1.29 is 4.79 Å². The minimum atomic E-state index is -0.239. The molecule has 0 aliphatic rings. The Balaban J connectivity index is 2.21. The van der Waals surface area contributed by atoms with Crippen LogP contribution in [0.5, 0.6) is 0 Å². The Bertz CT molecular complexity index is 580. The molecule has 0 aromatic carbocycles. The number of nitrogen functional groups attached to an aromatic ring is 1. The predicted molar refractivity (Wildman–Crippen MR) is 68.1 cm³/mol. The molecule has 0 unspecified atom stereocenters. The monoisotopic (exact) mass is 243 g/mol. The lowest BCUT2D eigenvalue weighted by molar-refractivity contribution is 0.102. The molecule has 1 amide bonds. The molecule has 0 saturated heterocycles. The van der Waals surface area contributed by atoms with Crippen LogP contribution in [0.1, 0.15) is 21.7 Å². The van der Waals surface area contributed by atoms with E-state index in [-0.39, 0.29) is 5.91 Å². The van der Waals surface area contributed by atoms with Gasteiger partial charge in [-0.3, -0.25) is 4.79 Å². The zero-order chi connectivity index (χ0) is 13.1. The fourth-order valence-corrected chi connectivity index (χ4v) is 1.46. The highest BCUT2D eigenvalue weighted by Gasteiger charge is 2.11. The van der Waals surface area contributed by atoms with E-state index in [0.717, 1.165) is 0 Å². The van der Waals surface area contributed by atoms with Crippen LogP contribution in [0, 0.1) is 13.8 Å². The van der Waals surface area contributed by atoms with Crippen molar-refractivity contribution in [1.29, 1.82) is 0 Å². The molecule has 2 rings (SSSR count). The van der Waals surface area contributed by atoms with Gasteiger partial charge in [-0.2, -0.15) is 10.2 Å². The molecule has 0 aliphatic heterocycles. The molecule has 0 radical (unpaired) electrons. The number of nitrogens with one attached hydrogen (secondary N) is 1. The average molecular weight is 243 g/mol. The average Bonchev–Trinajstić information content (AvgIpc) is 2.35. The van der Waals surface area contributed by atoms with E-state index in [1.54, 1.807) is 32.0 Å². The van der Waals surface area contributed by atoms with Gasteiger partial charge in [0, 0.05) is 0 Å². The standard InChI is InChI=1S/C12H13N5O/c1-7-5-10(8(2)17-16-7)12(18)15-9-3-4-11(13)14-6-9/h3-6H,1-2H3,(H2,13,14)(H,15,18). The van der Waals surface area contributed by atoms with E-state index in [2.05, 4.69) is 20.5 Å². The van der Waals surface area contributed by atoms with E-state index in [1.165, 1.54) is 6.20 Å². The Morgan fingerprint density at radius 3 is 2.72 bits per heavy atom. The normalized spacial score (nSPS) is 10.1. The van der Waals surface area contributed by atoms with Crippen LogP contribution in [0.2, 0.25) is 0 Å².